The highest BCUT2D eigenvalue weighted by atomic mass is 16.7. The van der Waals surface area contributed by atoms with E-state index in [-0.39, 0.29) is 17.5 Å². The standard InChI is InChI=1S/C23H33NO6.C15H17N3O/c1-6-27-20(28-7-2)18-19(25)16-10-8-9-11-17(16)29-23(18)12-14-24(15-13-23)21(26)30-22(3,4)5;1-18-14-11-4-2-3-5-13(11)19-15(12(14)10-17-18)6-8-16-9-7-15/h8-11,18,20H,6-7,12-15H2,1-5H3;2-5,10,16H,6-9H2,1H3. The highest BCUT2D eigenvalue weighted by molar-refractivity contribution is 6.02. The van der Waals surface area contributed by atoms with Gasteiger partial charge in [0.1, 0.15) is 34.2 Å². The van der Waals surface area contributed by atoms with Gasteiger partial charge in [-0.25, -0.2) is 4.79 Å². The number of hydrogen-bond acceptors (Lipinski definition) is 9. The molecule has 11 heteroatoms. The fourth-order valence-electron chi connectivity index (χ4n) is 7.51. The van der Waals surface area contributed by atoms with E-state index in [0.29, 0.717) is 50.5 Å². The molecule has 0 saturated carbocycles. The number of benzene rings is 2. The number of piperidine rings is 2. The first-order valence-corrected chi connectivity index (χ1v) is 17.6. The molecule has 5 heterocycles. The monoisotopic (exact) mass is 674 g/mol. The molecule has 1 atom stereocenters. The number of ketones is 1. The minimum atomic E-state index is -0.793. The molecular formula is C38H50N4O7. The summed E-state index contributed by atoms with van der Waals surface area (Å²) in [6.45, 7) is 13.0. The predicted molar refractivity (Wildman–Crippen MR) is 185 cm³/mol. The van der Waals surface area contributed by atoms with Gasteiger partial charge in [-0.3, -0.25) is 9.48 Å². The first-order valence-electron chi connectivity index (χ1n) is 17.6. The molecule has 1 aromatic heterocycles. The molecule has 49 heavy (non-hydrogen) atoms. The van der Waals surface area contributed by atoms with E-state index in [9.17, 15) is 9.59 Å². The maximum atomic E-state index is 13.5. The van der Waals surface area contributed by atoms with Crippen LogP contribution in [0, 0.1) is 5.92 Å². The Labute approximate surface area is 289 Å². The largest absolute Gasteiger partial charge is 0.485 e. The molecule has 2 saturated heterocycles. The average Bonchev–Trinajstić information content (AvgIpc) is 3.48. The first-order chi connectivity index (χ1) is 23.5. The Morgan fingerprint density at radius 3 is 2.14 bits per heavy atom. The highest BCUT2D eigenvalue weighted by Crippen LogP contribution is 2.49. The molecule has 3 aromatic rings. The molecule has 2 spiro atoms. The van der Waals surface area contributed by atoms with Gasteiger partial charge >= 0.3 is 6.09 Å². The number of rotatable bonds is 5. The third-order valence-corrected chi connectivity index (χ3v) is 9.80. The summed E-state index contributed by atoms with van der Waals surface area (Å²) >= 11 is 0. The average molecular weight is 675 g/mol. The number of amides is 1. The summed E-state index contributed by atoms with van der Waals surface area (Å²) in [7, 11) is 2.01. The van der Waals surface area contributed by atoms with Crippen LogP contribution in [0.2, 0.25) is 0 Å². The van der Waals surface area contributed by atoms with Crippen LogP contribution < -0.4 is 14.8 Å². The van der Waals surface area contributed by atoms with Crippen molar-refractivity contribution in [3.8, 4) is 22.8 Å². The Morgan fingerprint density at radius 2 is 1.53 bits per heavy atom. The molecule has 1 unspecified atom stereocenters. The van der Waals surface area contributed by atoms with Gasteiger partial charge < -0.3 is 33.9 Å². The van der Waals surface area contributed by atoms with Gasteiger partial charge in [-0.2, -0.15) is 5.10 Å². The number of hydrogen-bond donors (Lipinski definition) is 1. The molecule has 4 aliphatic rings. The van der Waals surface area contributed by atoms with E-state index in [1.807, 2.05) is 76.8 Å². The summed E-state index contributed by atoms with van der Waals surface area (Å²) < 4.78 is 32.1. The Morgan fingerprint density at radius 1 is 0.939 bits per heavy atom. The molecule has 7 rings (SSSR count). The fourth-order valence-corrected chi connectivity index (χ4v) is 7.51. The number of carbonyl (C=O) groups is 2. The quantitative estimate of drug-likeness (QED) is 0.321. The van der Waals surface area contributed by atoms with Gasteiger partial charge in [-0.05, 0) is 72.0 Å². The topological polar surface area (TPSA) is 113 Å². The second-order valence-electron chi connectivity index (χ2n) is 14.1. The molecule has 264 valence electrons. The van der Waals surface area contributed by atoms with Crippen molar-refractivity contribution in [3.63, 3.8) is 0 Å². The summed E-state index contributed by atoms with van der Waals surface area (Å²) in [4.78, 5) is 27.7. The van der Waals surface area contributed by atoms with Crippen LogP contribution in [0.5, 0.6) is 11.5 Å². The molecule has 2 fully saturated rings. The zero-order chi connectivity index (χ0) is 34.8. The van der Waals surface area contributed by atoms with Crippen molar-refractivity contribution in [1.82, 2.24) is 20.0 Å². The number of carbonyl (C=O) groups excluding carboxylic acids is 2. The van der Waals surface area contributed by atoms with E-state index in [4.69, 9.17) is 23.7 Å². The molecule has 1 N–H and O–H groups in total. The van der Waals surface area contributed by atoms with Crippen LogP contribution in [0.3, 0.4) is 0 Å². The summed E-state index contributed by atoms with van der Waals surface area (Å²) in [5.74, 6) is 0.930. The third kappa shape index (κ3) is 6.93. The van der Waals surface area contributed by atoms with Gasteiger partial charge in [0.2, 0.25) is 0 Å². The van der Waals surface area contributed by atoms with Crippen LogP contribution in [0.25, 0.3) is 11.3 Å². The summed E-state index contributed by atoms with van der Waals surface area (Å²) in [5, 5.41) is 7.87. The Hall–Kier alpha value is -3.93. The van der Waals surface area contributed by atoms with E-state index in [1.165, 1.54) is 11.3 Å². The van der Waals surface area contributed by atoms with Gasteiger partial charge in [0, 0.05) is 70.2 Å². The van der Waals surface area contributed by atoms with E-state index < -0.39 is 23.4 Å². The number of ether oxygens (including phenoxy) is 5. The lowest BCUT2D eigenvalue weighted by molar-refractivity contribution is -0.198. The Balaban J connectivity index is 0.000000186. The number of aromatic nitrogens is 2. The Bertz CT molecular complexity index is 1630. The first kappa shape index (κ1) is 34.9. The van der Waals surface area contributed by atoms with Gasteiger partial charge in [0.15, 0.2) is 12.1 Å². The minimum absolute atomic E-state index is 0.0329. The SMILES string of the molecule is CCOC(OCC)C1C(=O)c2ccccc2OC12CCN(C(=O)OC(C)(C)C)CC2.Cn1ncc2c1-c1ccccc1OC21CCNCC1. The van der Waals surface area contributed by atoms with Crippen LogP contribution >= 0.6 is 0 Å². The molecule has 2 aromatic carbocycles. The lowest BCUT2D eigenvalue weighted by atomic mass is 9.73. The molecule has 1 amide bonds. The molecule has 0 aliphatic carbocycles. The number of likely N-dealkylation sites (tertiary alicyclic amines) is 1. The second kappa shape index (κ2) is 14.1. The normalized spacial score (nSPS) is 20.3. The lowest BCUT2D eigenvalue weighted by Crippen LogP contribution is -2.61. The molecule has 0 radical (unpaired) electrons. The number of Topliss-reactive ketones (excluding diaryl/α,β-unsaturated/α-hetero) is 1. The van der Waals surface area contributed by atoms with E-state index in [2.05, 4.69) is 28.6 Å². The van der Waals surface area contributed by atoms with Crippen molar-refractivity contribution in [2.45, 2.75) is 83.4 Å². The molecular weight excluding hydrogens is 624 g/mol. The number of nitrogens with zero attached hydrogens (tertiary/aromatic N) is 3. The summed E-state index contributed by atoms with van der Waals surface area (Å²) in [6, 6.07) is 15.6. The molecule has 0 bridgehead atoms. The van der Waals surface area contributed by atoms with Crippen molar-refractivity contribution in [2.24, 2.45) is 13.0 Å². The van der Waals surface area contributed by atoms with Crippen molar-refractivity contribution >= 4 is 11.9 Å². The van der Waals surface area contributed by atoms with E-state index in [0.717, 1.165) is 37.2 Å². The van der Waals surface area contributed by atoms with Gasteiger partial charge in [0.05, 0.1) is 17.5 Å². The summed E-state index contributed by atoms with van der Waals surface area (Å²) in [5.41, 5.74) is 2.62. The maximum absolute atomic E-state index is 13.5. The van der Waals surface area contributed by atoms with Crippen LogP contribution in [0.1, 0.15) is 76.2 Å². The van der Waals surface area contributed by atoms with Gasteiger partial charge in [0.25, 0.3) is 0 Å². The zero-order valence-electron chi connectivity index (χ0n) is 29.6. The summed E-state index contributed by atoms with van der Waals surface area (Å²) in [6.07, 6.45) is 3.93. The van der Waals surface area contributed by atoms with Crippen molar-refractivity contribution in [3.05, 3.63) is 65.9 Å². The highest BCUT2D eigenvalue weighted by Gasteiger charge is 2.55. The van der Waals surface area contributed by atoms with Crippen LogP contribution in [0.4, 0.5) is 4.79 Å². The lowest BCUT2D eigenvalue weighted by Gasteiger charge is -2.49. The fraction of sp³-hybridized carbons (Fsp3) is 0.553. The van der Waals surface area contributed by atoms with Crippen LogP contribution in [0.15, 0.2) is 54.7 Å². The molecule has 11 nitrogen and oxygen atoms in total. The molecule has 4 aliphatic heterocycles. The zero-order valence-corrected chi connectivity index (χ0v) is 29.6. The predicted octanol–water partition coefficient (Wildman–Crippen LogP) is 6.10. The van der Waals surface area contributed by atoms with Crippen molar-refractivity contribution in [2.75, 3.05) is 39.4 Å². The number of para-hydroxylation sites is 2. The number of aryl methyl sites for hydroxylation is 1. The minimum Gasteiger partial charge on any atom is -0.485 e. The van der Waals surface area contributed by atoms with Gasteiger partial charge in [-0.1, -0.05) is 24.3 Å². The van der Waals surface area contributed by atoms with Crippen molar-refractivity contribution in [1.29, 1.82) is 0 Å². The van der Waals surface area contributed by atoms with Crippen molar-refractivity contribution < 1.29 is 33.3 Å². The number of fused-ring (bicyclic) bond motifs is 5. The van der Waals surface area contributed by atoms with E-state index >= 15 is 0 Å². The maximum Gasteiger partial charge on any atom is 0.410 e. The number of nitrogens with one attached hydrogen (secondary N) is 1. The van der Waals surface area contributed by atoms with E-state index in [1.54, 1.807) is 11.0 Å². The second-order valence-corrected chi connectivity index (χ2v) is 14.1. The van der Waals surface area contributed by atoms with Crippen LogP contribution in [-0.2, 0) is 26.9 Å². The van der Waals surface area contributed by atoms with Crippen LogP contribution in [-0.4, -0.2) is 83.4 Å². The smallest absolute Gasteiger partial charge is 0.410 e. The third-order valence-electron chi connectivity index (χ3n) is 9.80. The Kier molecular flexibility index (Phi) is 10.1. The van der Waals surface area contributed by atoms with Gasteiger partial charge in [-0.15, -0.1) is 0 Å².